The summed E-state index contributed by atoms with van der Waals surface area (Å²) in [5.41, 5.74) is 1.48. The lowest BCUT2D eigenvalue weighted by molar-refractivity contribution is 0.757. The molecule has 0 aromatic carbocycles. The van der Waals surface area contributed by atoms with Crippen LogP contribution in [0.15, 0.2) is 6.07 Å². The zero-order valence-corrected chi connectivity index (χ0v) is 12.0. The van der Waals surface area contributed by atoms with Gasteiger partial charge in [-0.2, -0.15) is 16.9 Å². The Kier molecular flexibility index (Phi) is 3.10. The maximum absolute atomic E-state index is 5.23. The molecule has 1 aliphatic rings. The molecule has 0 saturated carbocycles. The molecule has 0 fully saturated rings. The molecule has 1 aliphatic heterocycles. The highest BCUT2D eigenvalue weighted by Crippen LogP contribution is 2.36. The van der Waals surface area contributed by atoms with Crippen LogP contribution in [0, 0.1) is 4.77 Å². The molecule has 3 nitrogen and oxygen atoms in total. The van der Waals surface area contributed by atoms with Gasteiger partial charge in [-0.1, -0.05) is 0 Å². The van der Waals surface area contributed by atoms with Gasteiger partial charge in [0.2, 0.25) is 0 Å². The highest BCUT2D eigenvalue weighted by Gasteiger charge is 2.17. The Morgan fingerprint density at radius 2 is 2.47 bits per heavy atom. The first kappa shape index (κ1) is 11.5. The number of thioether (sulfide) groups is 1. The molecule has 0 unspecified atom stereocenters. The molecule has 0 aliphatic carbocycles. The normalized spacial score (nSPS) is 14.9. The lowest BCUT2D eigenvalue weighted by atomic mass is 10.2. The standard InChI is InChI=1S/C11H13N3S3/c1-2-14-10(12-13-11(14)15)9-5-7-6-16-4-3-8(7)17-9/h5H,2-4,6H2,1H3,(H,13,15). The number of aromatic amines is 1. The molecule has 3 rings (SSSR count). The van der Waals surface area contributed by atoms with Crippen molar-refractivity contribution in [1.29, 1.82) is 0 Å². The van der Waals surface area contributed by atoms with E-state index in [-0.39, 0.29) is 0 Å². The van der Waals surface area contributed by atoms with Crippen molar-refractivity contribution in [2.75, 3.05) is 5.75 Å². The van der Waals surface area contributed by atoms with Crippen LogP contribution in [0.25, 0.3) is 10.7 Å². The van der Waals surface area contributed by atoms with Crippen LogP contribution in [-0.4, -0.2) is 20.5 Å². The monoisotopic (exact) mass is 283 g/mol. The van der Waals surface area contributed by atoms with Crippen LogP contribution in [0.2, 0.25) is 0 Å². The Bertz CT molecular complexity index is 570. The van der Waals surface area contributed by atoms with Gasteiger partial charge in [-0.3, -0.25) is 9.67 Å². The molecule has 17 heavy (non-hydrogen) atoms. The predicted octanol–water partition coefficient (Wildman–Crippen LogP) is 3.48. The predicted molar refractivity (Wildman–Crippen MR) is 76.3 cm³/mol. The van der Waals surface area contributed by atoms with Crippen molar-refractivity contribution >= 4 is 35.3 Å². The van der Waals surface area contributed by atoms with Crippen molar-refractivity contribution in [2.24, 2.45) is 0 Å². The Hall–Kier alpha value is -0.590. The Morgan fingerprint density at radius 3 is 3.24 bits per heavy atom. The number of thiophene rings is 1. The molecule has 0 atom stereocenters. The summed E-state index contributed by atoms with van der Waals surface area (Å²) in [7, 11) is 0. The van der Waals surface area contributed by atoms with E-state index in [0.717, 1.165) is 18.1 Å². The number of hydrogen-bond acceptors (Lipinski definition) is 4. The summed E-state index contributed by atoms with van der Waals surface area (Å²) in [6.07, 6.45) is 1.20. The smallest absolute Gasteiger partial charge is 0.195 e. The van der Waals surface area contributed by atoms with Gasteiger partial charge in [0.15, 0.2) is 10.6 Å². The first-order chi connectivity index (χ1) is 8.29. The maximum Gasteiger partial charge on any atom is 0.195 e. The number of H-pyrrole nitrogens is 1. The van der Waals surface area contributed by atoms with Crippen LogP contribution in [0.3, 0.4) is 0 Å². The van der Waals surface area contributed by atoms with E-state index in [4.69, 9.17) is 12.2 Å². The van der Waals surface area contributed by atoms with E-state index >= 15 is 0 Å². The average Bonchev–Trinajstić information content (AvgIpc) is 2.91. The van der Waals surface area contributed by atoms with Gasteiger partial charge < -0.3 is 0 Å². The lowest BCUT2D eigenvalue weighted by Gasteiger charge is -2.08. The van der Waals surface area contributed by atoms with Crippen molar-refractivity contribution in [3.05, 3.63) is 21.3 Å². The van der Waals surface area contributed by atoms with E-state index in [2.05, 4.69) is 27.8 Å². The first-order valence-electron chi connectivity index (χ1n) is 5.64. The third-order valence-electron chi connectivity index (χ3n) is 2.92. The van der Waals surface area contributed by atoms with Gasteiger partial charge >= 0.3 is 0 Å². The molecule has 2 aromatic rings. The Labute approximate surface area is 113 Å². The fourth-order valence-corrected chi connectivity index (χ4v) is 4.69. The molecule has 3 heterocycles. The summed E-state index contributed by atoms with van der Waals surface area (Å²) in [5.74, 6) is 3.37. The Balaban J connectivity index is 2.09. The van der Waals surface area contributed by atoms with Gasteiger partial charge in [-0.25, -0.2) is 0 Å². The molecule has 2 aromatic heterocycles. The van der Waals surface area contributed by atoms with E-state index in [9.17, 15) is 0 Å². The van der Waals surface area contributed by atoms with Crippen molar-refractivity contribution < 1.29 is 0 Å². The zero-order chi connectivity index (χ0) is 11.8. The third-order valence-corrected chi connectivity index (χ3v) is 5.48. The number of nitrogens with zero attached hydrogens (tertiary/aromatic N) is 2. The van der Waals surface area contributed by atoms with Crippen molar-refractivity contribution in [3.8, 4) is 10.7 Å². The minimum absolute atomic E-state index is 0.711. The number of hydrogen-bond donors (Lipinski definition) is 1. The van der Waals surface area contributed by atoms with Gasteiger partial charge in [0.1, 0.15) is 0 Å². The minimum Gasteiger partial charge on any atom is -0.300 e. The maximum atomic E-state index is 5.23. The van der Waals surface area contributed by atoms with Crippen LogP contribution in [0.5, 0.6) is 0 Å². The largest absolute Gasteiger partial charge is 0.300 e. The van der Waals surface area contributed by atoms with E-state index in [0.29, 0.717) is 4.77 Å². The highest BCUT2D eigenvalue weighted by atomic mass is 32.2. The van der Waals surface area contributed by atoms with E-state index in [1.165, 1.54) is 27.5 Å². The first-order valence-corrected chi connectivity index (χ1v) is 8.02. The van der Waals surface area contributed by atoms with Crippen LogP contribution in [0.4, 0.5) is 0 Å². The van der Waals surface area contributed by atoms with Gasteiger partial charge in [0.05, 0.1) is 4.88 Å². The Morgan fingerprint density at radius 1 is 1.59 bits per heavy atom. The van der Waals surface area contributed by atoms with Gasteiger partial charge in [0, 0.05) is 17.2 Å². The molecule has 0 saturated heterocycles. The van der Waals surface area contributed by atoms with Crippen molar-refractivity contribution in [3.63, 3.8) is 0 Å². The second kappa shape index (κ2) is 4.59. The third kappa shape index (κ3) is 1.98. The van der Waals surface area contributed by atoms with Gasteiger partial charge in [-0.15, -0.1) is 11.3 Å². The molecule has 90 valence electrons. The zero-order valence-electron chi connectivity index (χ0n) is 9.52. The molecule has 1 N–H and O–H groups in total. The molecule has 0 amide bonds. The van der Waals surface area contributed by atoms with Crippen LogP contribution in [0.1, 0.15) is 17.4 Å². The highest BCUT2D eigenvalue weighted by molar-refractivity contribution is 7.98. The van der Waals surface area contributed by atoms with Crippen LogP contribution >= 0.6 is 35.3 Å². The van der Waals surface area contributed by atoms with Crippen molar-refractivity contribution in [1.82, 2.24) is 14.8 Å². The number of rotatable bonds is 2. The topological polar surface area (TPSA) is 33.6 Å². The summed E-state index contributed by atoms with van der Waals surface area (Å²) in [6, 6.07) is 2.28. The van der Waals surface area contributed by atoms with Crippen LogP contribution in [-0.2, 0) is 18.7 Å². The number of fused-ring (bicyclic) bond motifs is 1. The van der Waals surface area contributed by atoms with Crippen LogP contribution < -0.4 is 0 Å². The fourth-order valence-electron chi connectivity index (χ4n) is 2.06. The van der Waals surface area contributed by atoms with Gasteiger partial charge in [0.25, 0.3) is 0 Å². The van der Waals surface area contributed by atoms with Crippen molar-refractivity contribution in [2.45, 2.75) is 25.6 Å². The average molecular weight is 283 g/mol. The lowest BCUT2D eigenvalue weighted by Crippen LogP contribution is -1.96. The summed E-state index contributed by atoms with van der Waals surface area (Å²) >= 11 is 9.11. The minimum atomic E-state index is 0.711. The van der Waals surface area contributed by atoms with E-state index in [1.807, 2.05) is 23.1 Å². The quantitative estimate of drug-likeness (QED) is 0.857. The SMILES string of the molecule is CCn1c(-c2cc3c(s2)CCSC3)n[nH]c1=S. The molecule has 0 bridgehead atoms. The van der Waals surface area contributed by atoms with E-state index in [1.54, 1.807) is 0 Å². The second-order valence-electron chi connectivity index (χ2n) is 3.96. The summed E-state index contributed by atoms with van der Waals surface area (Å²) in [5, 5.41) is 7.23. The number of aromatic nitrogens is 3. The summed E-state index contributed by atoms with van der Waals surface area (Å²) in [4.78, 5) is 2.77. The summed E-state index contributed by atoms with van der Waals surface area (Å²) in [6.45, 7) is 2.96. The number of aryl methyl sites for hydroxylation is 1. The molecular formula is C11H13N3S3. The fraction of sp³-hybridized carbons (Fsp3) is 0.455. The molecular weight excluding hydrogens is 270 g/mol. The molecule has 0 radical (unpaired) electrons. The summed E-state index contributed by atoms with van der Waals surface area (Å²) < 4.78 is 2.77. The number of nitrogens with one attached hydrogen (secondary N) is 1. The second-order valence-corrected chi connectivity index (χ2v) is 6.59. The molecule has 0 spiro atoms. The molecule has 6 heteroatoms. The van der Waals surface area contributed by atoms with Gasteiger partial charge in [-0.05, 0) is 42.9 Å². The van der Waals surface area contributed by atoms with E-state index < -0.39 is 0 Å².